The Balaban J connectivity index is 1.63. The molecule has 180 valence electrons. The second-order valence-electron chi connectivity index (χ2n) is 13.9. The van der Waals surface area contributed by atoms with Gasteiger partial charge in [-0.1, -0.05) is 67.0 Å². The number of rotatable bonds is 5. The van der Waals surface area contributed by atoms with Gasteiger partial charge in [0.25, 0.3) is 0 Å². The van der Waals surface area contributed by atoms with E-state index in [9.17, 15) is 9.59 Å². The van der Waals surface area contributed by atoms with Gasteiger partial charge in [0.15, 0.2) is 0 Å². The molecule has 0 aromatic heterocycles. The van der Waals surface area contributed by atoms with Gasteiger partial charge in [-0.15, -0.1) is 0 Å². The van der Waals surface area contributed by atoms with Crippen LogP contribution in [0.3, 0.4) is 0 Å². The van der Waals surface area contributed by atoms with E-state index in [-0.39, 0.29) is 16.2 Å². The van der Waals surface area contributed by atoms with Gasteiger partial charge in [0.05, 0.1) is 0 Å². The molecule has 7 unspecified atom stereocenters. The first kappa shape index (κ1) is 24.2. The van der Waals surface area contributed by atoms with Gasteiger partial charge < -0.3 is 0 Å². The lowest BCUT2D eigenvalue weighted by molar-refractivity contribution is -0.143. The number of Topliss-reactive ketones (excluding diaryl/α,β-unsaturated/α-hetero) is 2. The molecule has 4 rings (SSSR count). The highest BCUT2D eigenvalue weighted by Gasteiger charge is 2.65. The maximum absolute atomic E-state index is 12.8. The molecular weight excluding hydrogens is 392 g/mol. The SMILES string of the molecule is CC(C)CC(=O)CC(C)C1CCC2(C)C3CCC4C(C)(C)C(=O)CCC4(C)C3=CCC12C. The van der Waals surface area contributed by atoms with Crippen LogP contribution in [0.15, 0.2) is 11.6 Å². The molecule has 2 heteroatoms. The molecule has 0 aliphatic heterocycles. The first-order valence-corrected chi connectivity index (χ1v) is 13.5. The monoisotopic (exact) mass is 440 g/mol. The summed E-state index contributed by atoms with van der Waals surface area (Å²) in [6.07, 6.45) is 12.1. The van der Waals surface area contributed by atoms with E-state index in [4.69, 9.17) is 0 Å². The lowest BCUT2D eigenvalue weighted by atomic mass is 9.41. The maximum atomic E-state index is 12.8. The Morgan fingerprint density at radius 1 is 0.969 bits per heavy atom. The Bertz CT molecular complexity index is 819. The highest BCUT2D eigenvalue weighted by Crippen LogP contribution is 2.72. The molecule has 4 aliphatic carbocycles. The van der Waals surface area contributed by atoms with Gasteiger partial charge in [0.2, 0.25) is 0 Å². The number of ketones is 2. The smallest absolute Gasteiger partial charge is 0.138 e. The van der Waals surface area contributed by atoms with Gasteiger partial charge in [0.1, 0.15) is 11.6 Å². The molecule has 0 heterocycles. The van der Waals surface area contributed by atoms with Gasteiger partial charge in [-0.25, -0.2) is 0 Å². The predicted molar refractivity (Wildman–Crippen MR) is 132 cm³/mol. The van der Waals surface area contributed by atoms with Crippen molar-refractivity contribution in [3.05, 3.63) is 11.6 Å². The first-order valence-electron chi connectivity index (χ1n) is 13.5. The van der Waals surface area contributed by atoms with Crippen LogP contribution in [-0.2, 0) is 9.59 Å². The van der Waals surface area contributed by atoms with Crippen molar-refractivity contribution in [2.24, 2.45) is 51.2 Å². The van der Waals surface area contributed by atoms with E-state index in [1.165, 1.54) is 25.7 Å². The molecule has 0 radical (unpaired) electrons. The summed E-state index contributed by atoms with van der Waals surface area (Å²) < 4.78 is 0. The summed E-state index contributed by atoms with van der Waals surface area (Å²) in [7, 11) is 0. The summed E-state index contributed by atoms with van der Waals surface area (Å²) in [5.74, 6) is 3.64. The minimum absolute atomic E-state index is 0.182. The third-order valence-electron chi connectivity index (χ3n) is 11.5. The van der Waals surface area contributed by atoms with Crippen molar-refractivity contribution in [3.8, 4) is 0 Å². The second kappa shape index (κ2) is 7.81. The van der Waals surface area contributed by atoms with Crippen molar-refractivity contribution >= 4 is 11.6 Å². The molecule has 0 bridgehead atoms. The minimum Gasteiger partial charge on any atom is -0.300 e. The van der Waals surface area contributed by atoms with Gasteiger partial charge in [-0.05, 0) is 84.4 Å². The van der Waals surface area contributed by atoms with E-state index in [2.05, 4.69) is 61.5 Å². The Morgan fingerprint density at radius 2 is 1.66 bits per heavy atom. The summed E-state index contributed by atoms with van der Waals surface area (Å²) in [4.78, 5) is 25.4. The molecule has 7 atom stereocenters. The Labute approximate surface area is 197 Å². The van der Waals surface area contributed by atoms with E-state index in [0.29, 0.717) is 46.6 Å². The standard InChI is InChI=1S/C30H48O2/c1-19(2)17-21(31)18-20(3)22-11-15-30(8)24-9-10-25-27(4,5)26(32)13-14-28(25,6)23(24)12-16-29(22,30)7/h12,19-20,22,24-25H,9-11,13-18H2,1-8H3. The van der Waals surface area contributed by atoms with Crippen LogP contribution in [0.4, 0.5) is 0 Å². The normalized spacial score (nSPS) is 43.8. The van der Waals surface area contributed by atoms with Crippen LogP contribution >= 0.6 is 0 Å². The maximum Gasteiger partial charge on any atom is 0.138 e. The first-order chi connectivity index (χ1) is 14.8. The molecule has 0 aromatic rings. The molecule has 4 aliphatic rings. The van der Waals surface area contributed by atoms with Crippen molar-refractivity contribution < 1.29 is 9.59 Å². The Morgan fingerprint density at radius 3 is 2.31 bits per heavy atom. The number of carbonyl (C=O) groups excluding carboxylic acids is 2. The van der Waals surface area contributed by atoms with Crippen molar-refractivity contribution in [3.63, 3.8) is 0 Å². The molecule has 3 saturated carbocycles. The zero-order valence-electron chi connectivity index (χ0n) is 22.1. The van der Waals surface area contributed by atoms with Crippen LogP contribution in [0.25, 0.3) is 0 Å². The van der Waals surface area contributed by atoms with E-state index in [1.807, 2.05) is 0 Å². The van der Waals surface area contributed by atoms with Gasteiger partial charge in [-0.3, -0.25) is 9.59 Å². The van der Waals surface area contributed by atoms with Gasteiger partial charge in [-0.2, -0.15) is 0 Å². The summed E-state index contributed by atoms with van der Waals surface area (Å²) >= 11 is 0. The molecule has 0 spiro atoms. The third kappa shape index (κ3) is 3.32. The average molecular weight is 441 g/mol. The summed E-state index contributed by atoms with van der Waals surface area (Å²) in [6, 6.07) is 0. The summed E-state index contributed by atoms with van der Waals surface area (Å²) in [6.45, 7) is 18.7. The van der Waals surface area contributed by atoms with Crippen molar-refractivity contribution in [2.45, 2.75) is 113 Å². The van der Waals surface area contributed by atoms with Crippen LogP contribution in [0, 0.1) is 51.2 Å². The Kier molecular flexibility index (Phi) is 5.91. The molecule has 32 heavy (non-hydrogen) atoms. The number of carbonyl (C=O) groups is 2. The fraction of sp³-hybridized carbons (Fsp3) is 0.867. The lowest BCUT2D eigenvalue weighted by Crippen LogP contribution is -2.56. The molecule has 0 saturated heterocycles. The second-order valence-corrected chi connectivity index (χ2v) is 13.9. The fourth-order valence-electron chi connectivity index (χ4n) is 9.52. The number of hydrogen-bond acceptors (Lipinski definition) is 2. The largest absolute Gasteiger partial charge is 0.300 e. The molecule has 0 amide bonds. The highest BCUT2D eigenvalue weighted by molar-refractivity contribution is 5.85. The van der Waals surface area contributed by atoms with E-state index >= 15 is 0 Å². The average Bonchev–Trinajstić information content (AvgIpc) is 2.96. The van der Waals surface area contributed by atoms with Crippen molar-refractivity contribution in [1.82, 2.24) is 0 Å². The molecule has 0 aromatic carbocycles. The number of fused-ring (bicyclic) bond motifs is 5. The molecular formula is C30H48O2. The van der Waals surface area contributed by atoms with E-state index in [1.54, 1.807) is 5.57 Å². The lowest BCUT2D eigenvalue weighted by Gasteiger charge is -2.63. The van der Waals surface area contributed by atoms with Crippen LogP contribution in [0.2, 0.25) is 0 Å². The zero-order valence-corrected chi connectivity index (χ0v) is 22.1. The zero-order chi connectivity index (χ0) is 23.7. The molecule has 2 nitrogen and oxygen atoms in total. The van der Waals surface area contributed by atoms with Crippen LogP contribution in [0.1, 0.15) is 113 Å². The Hall–Kier alpha value is -0.920. The van der Waals surface area contributed by atoms with Crippen LogP contribution < -0.4 is 0 Å². The number of hydrogen-bond donors (Lipinski definition) is 0. The van der Waals surface area contributed by atoms with E-state index in [0.717, 1.165) is 32.1 Å². The molecule has 0 N–H and O–H groups in total. The van der Waals surface area contributed by atoms with Crippen LogP contribution in [-0.4, -0.2) is 11.6 Å². The molecule has 3 fully saturated rings. The topological polar surface area (TPSA) is 34.1 Å². The number of allylic oxidation sites excluding steroid dienone is 2. The highest BCUT2D eigenvalue weighted by atomic mass is 16.1. The van der Waals surface area contributed by atoms with Gasteiger partial charge >= 0.3 is 0 Å². The summed E-state index contributed by atoms with van der Waals surface area (Å²) in [5.41, 5.74) is 2.29. The minimum atomic E-state index is -0.191. The van der Waals surface area contributed by atoms with Crippen molar-refractivity contribution in [2.75, 3.05) is 0 Å². The quantitative estimate of drug-likeness (QED) is 0.409. The van der Waals surface area contributed by atoms with E-state index < -0.39 is 0 Å². The predicted octanol–water partition coefficient (Wildman–Crippen LogP) is 7.80. The third-order valence-corrected chi connectivity index (χ3v) is 11.5. The van der Waals surface area contributed by atoms with Crippen molar-refractivity contribution in [1.29, 1.82) is 0 Å². The van der Waals surface area contributed by atoms with Gasteiger partial charge in [0, 0.05) is 24.7 Å². The van der Waals surface area contributed by atoms with Crippen LogP contribution in [0.5, 0.6) is 0 Å². The summed E-state index contributed by atoms with van der Waals surface area (Å²) in [5, 5.41) is 0. The fourth-order valence-corrected chi connectivity index (χ4v) is 9.52.